The minimum Gasteiger partial charge on any atom is -0.493 e. The molecule has 3 rings (SSSR count). The number of nitrogens with one attached hydrogen (secondary N) is 2. The third-order valence-corrected chi connectivity index (χ3v) is 5.68. The number of halogens is 1. The van der Waals surface area contributed by atoms with Crippen LogP contribution in [0.2, 0.25) is 0 Å². The van der Waals surface area contributed by atoms with Gasteiger partial charge in [-0.1, -0.05) is 25.1 Å². The van der Waals surface area contributed by atoms with Gasteiger partial charge in [0.15, 0.2) is 5.96 Å². The first-order valence-electron chi connectivity index (χ1n) is 9.47. The third kappa shape index (κ3) is 6.34. The molecular formula is C20H29IN4OS. The smallest absolute Gasteiger partial charge is 0.191 e. The van der Waals surface area contributed by atoms with E-state index < -0.39 is 0 Å². The lowest BCUT2D eigenvalue weighted by Crippen LogP contribution is -2.38. The van der Waals surface area contributed by atoms with Crippen LogP contribution in [0.3, 0.4) is 0 Å². The lowest BCUT2D eigenvalue weighted by molar-refractivity contribution is 0.269. The fraction of sp³-hybridized carbons (Fsp3) is 0.500. The topological polar surface area (TPSA) is 58.5 Å². The molecule has 1 aliphatic heterocycles. The predicted molar refractivity (Wildman–Crippen MR) is 124 cm³/mol. The Kier molecular flexibility index (Phi) is 9.33. The Bertz CT molecular complexity index is 734. The minimum atomic E-state index is 0. The van der Waals surface area contributed by atoms with Gasteiger partial charge < -0.3 is 15.4 Å². The summed E-state index contributed by atoms with van der Waals surface area (Å²) in [7, 11) is 0. The molecule has 0 spiro atoms. The summed E-state index contributed by atoms with van der Waals surface area (Å²) in [6.07, 6.45) is 4.98. The number of hydrogen-bond acceptors (Lipinski definition) is 4. The van der Waals surface area contributed by atoms with Crippen molar-refractivity contribution in [2.75, 3.05) is 26.2 Å². The minimum absolute atomic E-state index is 0. The van der Waals surface area contributed by atoms with E-state index in [1.807, 2.05) is 18.3 Å². The molecule has 0 fully saturated rings. The van der Waals surface area contributed by atoms with E-state index in [-0.39, 0.29) is 24.0 Å². The summed E-state index contributed by atoms with van der Waals surface area (Å²) in [6.45, 7) is 7.49. The Hall–Kier alpha value is -1.35. The first-order valence-corrected chi connectivity index (χ1v) is 10.3. The summed E-state index contributed by atoms with van der Waals surface area (Å²) in [5.74, 6) is 2.30. The first kappa shape index (κ1) is 21.9. The molecule has 0 radical (unpaired) electrons. The van der Waals surface area contributed by atoms with Gasteiger partial charge >= 0.3 is 0 Å². The molecule has 1 aromatic heterocycles. The molecule has 0 amide bonds. The highest BCUT2D eigenvalue weighted by Crippen LogP contribution is 2.33. The van der Waals surface area contributed by atoms with E-state index in [2.05, 4.69) is 41.6 Å². The Balaban J connectivity index is 0.00000261. The standard InChI is InChI=1S/C20H28N4OS.HI/c1-3-16-14-23-19(26-16)9-11-22-20(21-4-2)24-13-15-10-12-25-18-8-6-5-7-17(15)18;/h5-8,14-15H,3-4,9-13H2,1-2H3,(H2,21,22,24);1H. The van der Waals surface area contributed by atoms with E-state index in [1.54, 1.807) is 11.3 Å². The molecule has 148 valence electrons. The molecule has 1 atom stereocenters. The maximum atomic E-state index is 5.75. The highest BCUT2D eigenvalue weighted by atomic mass is 127. The second kappa shape index (κ2) is 11.5. The number of benzene rings is 1. The molecule has 2 aromatic rings. The molecule has 27 heavy (non-hydrogen) atoms. The van der Waals surface area contributed by atoms with Crippen LogP contribution in [-0.2, 0) is 12.8 Å². The van der Waals surface area contributed by atoms with Gasteiger partial charge in [0.05, 0.1) is 11.6 Å². The number of rotatable bonds is 7. The van der Waals surface area contributed by atoms with Crippen molar-refractivity contribution in [1.82, 2.24) is 15.6 Å². The molecule has 2 heterocycles. The largest absolute Gasteiger partial charge is 0.493 e. The van der Waals surface area contributed by atoms with Crippen molar-refractivity contribution in [3.63, 3.8) is 0 Å². The maximum absolute atomic E-state index is 5.75. The normalized spacial score (nSPS) is 16.1. The lowest BCUT2D eigenvalue weighted by Gasteiger charge is -2.25. The second-order valence-corrected chi connectivity index (χ2v) is 7.54. The summed E-state index contributed by atoms with van der Waals surface area (Å²) in [4.78, 5) is 10.6. The summed E-state index contributed by atoms with van der Waals surface area (Å²) in [6, 6.07) is 8.31. The van der Waals surface area contributed by atoms with Crippen molar-refractivity contribution in [3.05, 3.63) is 45.9 Å². The number of guanidine groups is 1. The molecule has 0 aliphatic carbocycles. The van der Waals surface area contributed by atoms with Crippen molar-refractivity contribution in [1.29, 1.82) is 0 Å². The van der Waals surface area contributed by atoms with Crippen molar-refractivity contribution in [3.8, 4) is 5.75 Å². The first-order chi connectivity index (χ1) is 12.8. The van der Waals surface area contributed by atoms with Crippen LogP contribution in [0.5, 0.6) is 5.75 Å². The second-order valence-electron chi connectivity index (χ2n) is 6.34. The average Bonchev–Trinajstić information content (AvgIpc) is 3.14. The molecule has 0 saturated carbocycles. The number of ether oxygens (including phenoxy) is 1. The zero-order chi connectivity index (χ0) is 18.2. The number of nitrogens with zero attached hydrogens (tertiary/aromatic N) is 2. The van der Waals surface area contributed by atoms with E-state index >= 15 is 0 Å². The monoisotopic (exact) mass is 500 g/mol. The van der Waals surface area contributed by atoms with Gasteiger partial charge in [-0.2, -0.15) is 0 Å². The van der Waals surface area contributed by atoms with E-state index in [4.69, 9.17) is 9.73 Å². The fourth-order valence-corrected chi connectivity index (χ4v) is 3.93. The zero-order valence-electron chi connectivity index (χ0n) is 16.0. The molecule has 0 saturated heterocycles. The number of aromatic nitrogens is 1. The fourth-order valence-electron chi connectivity index (χ4n) is 3.06. The molecular weight excluding hydrogens is 471 g/mol. The SMILES string of the molecule is CCNC(=NCC1CCOc2ccccc21)NCCc1ncc(CC)s1.I. The highest BCUT2D eigenvalue weighted by molar-refractivity contribution is 14.0. The van der Waals surface area contributed by atoms with Gasteiger partial charge in [0.25, 0.3) is 0 Å². The Morgan fingerprint density at radius 1 is 1.30 bits per heavy atom. The summed E-state index contributed by atoms with van der Waals surface area (Å²) in [5, 5.41) is 7.96. The van der Waals surface area contributed by atoms with Gasteiger partial charge in [-0.05, 0) is 31.4 Å². The van der Waals surface area contributed by atoms with Gasteiger partial charge in [0.2, 0.25) is 0 Å². The number of aliphatic imine (C=N–C) groups is 1. The van der Waals surface area contributed by atoms with E-state index in [9.17, 15) is 0 Å². The van der Waals surface area contributed by atoms with Crippen LogP contribution < -0.4 is 15.4 Å². The van der Waals surface area contributed by atoms with E-state index in [0.717, 1.165) is 57.2 Å². The van der Waals surface area contributed by atoms with Crippen LogP contribution in [0.15, 0.2) is 35.5 Å². The van der Waals surface area contributed by atoms with Gasteiger partial charge in [-0.15, -0.1) is 35.3 Å². The van der Waals surface area contributed by atoms with E-state index in [1.165, 1.54) is 15.4 Å². The zero-order valence-corrected chi connectivity index (χ0v) is 19.2. The van der Waals surface area contributed by atoms with Crippen molar-refractivity contribution >= 4 is 41.3 Å². The number of aryl methyl sites for hydroxylation is 1. The van der Waals surface area contributed by atoms with Crippen LogP contribution in [-0.4, -0.2) is 37.2 Å². The molecule has 2 N–H and O–H groups in total. The summed E-state index contributed by atoms with van der Waals surface area (Å²) >= 11 is 1.80. The summed E-state index contributed by atoms with van der Waals surface area (Å²) < 4.78 is 5.75. The average molecular weight is 500 g/mol. The predicted octanol–water partition coefficient (Wildman–Crippen LogP) is 3.99. The van der Waals surface area contributed by atoms with Crippen LogP contribution in [0.4, 0.5) is 0 Å². The molecule has 1 unspecified atom stereocenters. The number of hydrogen-bond donors (Lipinski definition) is 2. The Labute approximate surface area is 183 Å². The number of para-hydroxylation sites is 1. The Morgan fingerprint density at radius 2 is 2.15 bits per heavy atom. The Morgan fingerprint density at radius 3 is 2.93 bits per heavy atom. The van der Waals surface area contributed by atoms with Gasteiger partial charge in [0, 0.05) is 43.0 Å². The van der Waals surface area contributed by atoms with Crippen molar-refractivity contribution in [2.45, 2.75) is 39.0 Å². The van der Waals surface area contributed by atoms with Gasteiger partial charge in [-0.3, -0.25) is 4.99 Å². The molecule has 1 aliphatic rings. The molecule has 7 heteroatoms. The highest BCUT2D eigenvalue weighted by Gasteiger charge is 2.20. The van der Waals surface area contributed by atoms with Gasteiger partial charge in [0.1, 0.15) is 5.75 Å². The van der Waals surface area contributed by atoms with Gasteiger partial charge in [-0.25, -0.2) is 4.98 Å². The van der Waals surface area contributed by atoms with Crippen molar-refractivity contribution < 1.29 is 4.74 Å². The lowest BCUT2D eigenvalue weighted by atomic mass is 9.93. The van der Waals surface area contributed by atoms with E-state index in [0.29, 0.717) is 5.92 Å². The van der Waals surface area contributed by atoms with Crippen LogP contribution in [0, 0.1) is 0 Å². The molecule has 0 bridgehead atoms. The summed E-state index contributed by atoms with van der Waals surface area (Å²) in [5.41, 5.74) is 1.27. The maximum Gasteiger partial charge on any atom is 0.191 e. The molecule has 5 nitrogen and oxygen atoms in total. The van der Waals surface area contributed by atoms with Crippen LogP contribution in [0.1, 0.15) is 41.6 Å². The molecule has 1 aromatic carbocycles. The third-order valence-electron chi connectivity index (χ3n) is 4.48. The quantitative estimate of drug-likeness (QED) is 0.343. The number of thiazole rings is 1. The van der Waals surface area contributed by atoms with Crippen LogP contribution in [0.25, 0.3) is 0 Å². The van der Waals surface area contributed by atoms with Crippen molar-refractivity contribution in [2.24, 2.45) is 4.99 Å². The number of fused-ring (bicyclic) bond motifs is 1. The van der Waals surface area contributed by atoms with Crippen LogP contribution >= 0.6 is 35.3 Å².